The molecular formula is C19H21BrN4O2. The highest BCUT2D eigenvalue weighted by molar-refractivity contribution is 9.10. The highest BCUT2D eigenvalue weighted by Gasteiger charge is 2.24. The minimum absolute atomic E-state index is 0.0942. The number of aromatic nitrogens is 1. The first-order valence-electron chi connectivity index (χ1n) is 8.51. The van der Waals surface area contributed by atoms with Gasteiger partial charge in [-0.05, 0) is 53.2 Å². The van der Waals surface area contributed by atoms with Gasteiger partial charge in [0.15, 0.2) is 0 Å². The number of fused-ring (bicyclic) bond motifs is 1. The zero-order chi connectivity index (χ0) is 18.5. The lowest BCUT2D eigenvalue weighted by Crippen LogP contribution is -2.35. The van der Waals surface area contributed by atoms with Crippen LogP contribution in [-0.2, 0) is 16.0 Å². The highest BCUT2D eigenvalue weighted by atomic mass is 79.9. The molecule has 6 nitrogen and oxygen atoms in total. The van der Waals surface area contributed by atoms with Crippen LogP contribution in [0.5, 0.6) is 0 Å². The first-order valence-corrected chi connectivity index (χ1v) is 9.30. The molecule has 7 heteroatoms. The second kappa shape index (κ2) is 8.42. The number of likely N-dealkylation sites (N-methyl/N-ethyl adjacent to an activating group) is 1. The van der Waals surface area contributed by atoms with Crippen molar-refractivity contribution < 1.29 is 9.59 Å². The number of nitrogens with one attached hydrogen (secondary N) is 1. The normalized spacial score (nSPS) is 13.0. The van der Waals surface area contributed by atoms with E-state index in [4.69, 9.17) is 0 Å². The zero-order valence-electron chi connectivity index (χ0n) is 14.6. The Morgan fingerprint density at radius 3 is 2.85 bits per heavy atom. The highest BCUT2D eigenvalue weighted by Crippen LogP contribution is 2.27. The maximum atomic E-state index is 12.5. The minimum atomic E-state index is -0.152. The van der Waals surface area contributed by atoms with Crippen LogP contribution in [-0.4, -0.2) is 48.4 Å². The number of carbonyl (C=O) groups excluding carboxylic acids is 2. The van der Waals surface area contributed by atoms with Crippen LogP contribution >= 0.6 is 15.9 Å². The van der Waals surface area contributed by atoms with Gasteiger partial charge in [-0.2, -0.15) is 0 Å². The van der Waals surface area contributed by atoms with Gasteiger partial charge in [-0.15, -0.1) is 0 Å². The monoisotopic (exact) mass is 416 g/mol. The number of para-hydroxylation sites is 1. The summed E-state index contributed by atoms with van der Waals surface area (Å²) in [7, 11) is 1.83. The van der Waals surface area contributed by atoms with Gasteiger partial charge in [0.1, 0.15) is 5.82 Å². The average Bonchev–Trinajstić information content (AvgIpc) is 3.06. The second-order valence-electron chi connectivity index (χ2n) is 6.32. The van der Waals surface area contributed by atoms with Crippen LogP contribution in [0.15, 0.2) is 47.1 Å². The van der Waals surface area contributed by atoms with Crippen molar-refractivity contribution >= 4 is 39.2 Å². The summed E-state index contributed by atoms with van der Waals surface area (Å²) >= 11 is 3.30. The van der Waals surface area contributed by atoms with Crippen molar-refractivity contribution in [3.8, 4) is 0 Å². The fraction of sp³-hybridized carbons (Fsp3) is 0.316. The summed E-state index contributed by atoms with van der Waals surface area (Å²) in [6.07, 6.45) is 2.92. The van der Waals surface area contributed by atoms with Crippen molar-refractivity contribution in [2.24, 2.45) is 0 Å². The number of halogens is 1. The molecule has 26 heavy (non-hydrogen) atoms. The molecule has 1 N–H and O–H groups in total. The van der Waals surface area contributed by atoms with Gasteiger partial charge in [0.25, 0.3) is 0 Å². The summed E-state index contributed by atoms with van der Waals surface area (Å²) < 4.78 is 0.856. The Labute approximate surface area is 161 Å². The molecule has 0 atom stereocenters. The molecule has 0 saturated carbocycles. The summed E-state index contributed by atoms with van der Waals surface area (Å²) in [6.45, 7) is 1.47. The van der Waals surface area contributed by atoms with E-state index in [1.54, 1.807) is 12.3 Å². The third kappa shape index (κ3) is 4.68. The Kier molecular flexibility index (Phi) is 6.00. The fourth-order valence-electron chi connectivity index (χ4n) is 2.98. The average molecular weight is 417 g/mol. The number of hydrogen-bond acceptors (Lipinski definition) is 4. The number of amides is 2. The van der Waals surface area contributed by atoms with E-state index >= 15 is 0 Å². The summed E-state index contributed by atoms with van der Waals surface area (Å²) in [4.78, 5) is 32.4. The molecule has 2 amide bonds. The molecule has 0 bridgehead atoms. The zero-order valence-corrected chi connectivity index (χ0v) is 16.2. The third-order valence-electron chi connectivity index (χ3n) is 4.30. The fourth-order valence-corrected chi connectivity index (χ4v) is 3.21. The van der Waals surface area contributed by atoms with Crippen molar-refractivity contribution in [3.05, 3.63) is 52.6 Å². The van der Waals surface area contributed by atoms with E-state index in [9.17, 15) is 9.59 Å². The van der Waals surface area contributed by atoms with Crippen LogP contribution in [0.1, 0.15) is 12.0 Å². The van der Waals surface area contributed by atoms with E-state index in [2.05, 4.69) is 32.3 Å². The Hall–Kier alpha value is -2.25. The Balaban J connectivity index is 1.45. The smallest absolute Gasteiger partial charge is 0.239 e. The number of nitrogens with zero attached hydrogens (tertiary/aromatic N) is 3. The molecule has 0 fully saturated rings. The Morgan fingerprint density at radius 1 is 1.27 bits per heavy atom. The van der Waals surface area contributed by atoms with Crippen molar-refractivity contribution in [1.82, 2.24) is 9.88 Å². The number of carbonyl (C=O) groups is 2. The van der Waals surface area contributed by atoms with Gasteiger partial charge in [0.2, 0.25) is 11.8 Å². The van der Waals surface area contributed by atoms with Crippen LogP contribution < -0.4 is 10.2 Å². The van der Waals surface area contributed by atoms with E-state index in [1.807, 2.05) is 41.1 Å². The first-order chi connectivity index (χ1) is 12.5. The van der Waals surface area contributed by atoms with Crippen LogP contribution in [0.3, 0.4) is 0 Å². The first kappa shape index (κ1) is 18.5. The number of benzene rings is 1. The van der Waals surface area contributed by atoms with E-state index < -0.39 is 0 Å². The molecule has 0 unspecified atom stereocenters. The lowest BCUT2D eigenvalue weighted by atomic mass is 10.2. The second-order valence-corrected chi connectivity index (χ2v) is 7.24. The summed E-state index contributed by atoms with van der Waals surface area (Å²) in [5.41, 5.74) is 2.23. The van der Waals surface area contributed by atoms with Gasteiger partial charge < -0.3 is 10.2 Å². The van der Waals surface area contributed by atoms with Crippen molar-refractivity contribution in [3.63, 3.8) is 0 Å². The van der Waals surface area contributed by atoms with Gasteiger partial charge in [-0.3, -0.25) is 14.5 Å². The molecular weight excluding hydrogens is 396 g/mol. The molecule has 1 aromatic heterocycles. The van der Waals surface area contributed by atoms with E-state index in [0.717, 1.165) is 23.1 Å². The summed E-state index contributed by atoms with van der Waals surface area (Å²) in [5.74, 6) is 0.453. The number of anilines is 2. The maximum Gasteiger partial charge on any atom is 0.239 e. The number of hydrogen-bond donors (Lipinski definition) is 1. The van der Waals surface area contributed by atoms with E-state index in [0.29, 0.717) is 18.8 Å². The molecule has 3 rings (SSSR count). The van der Waals surface area contributed by atoms with Gasteiger partial charge in [-0.25, -0.2) is 4.98 Å². The van der Waals surface area contributed by atoms with Crippen LogP contribution in [0, 0.1) is 0 Å². The molecule has 0 saturated heterocycles. The predicted molar refractivity (Wildman–Crippen MR) is 105 cm³/mol. The summed E-state index contributed by atoms with van der Waals surface area (Å²) in [6, 6.07) is 11.6. The molecule has 1 aromatic carbocycles. The molecule has 1 aliphatic heterocycles. The lowest BCUT2D eigenvalue weighted by Gasteiger charge is -2.20. The SMILES string of the molecule is CN(CCC(=O)N1CCc2ccccc21)CC(=O)Nc1ccc(Br)cn1. The lowest BCUT2D eigenvalue weighted by molar-refractivity contribution is -0.120. The van der Waals surface area contributed by atoms with Crippen LogP contribution in [0.2, 0.25) is 0 Å². The molecule has 1 aliphatic rings. The third-order valence-corrected chi connectivity index (χ3v) is 4.77. The van der Waals surface area contributed by atoms with Crippen molar-refractivity contribution in [2.75, 3.05) is 36.9 Å². The van der Waals surface area contributed by atoms with Crippen LogP contribution in [0.4, 0.5) is 11.5 Å². The van der Waals surface area contributed by atoms with Crippen LogP contribution in [0.25, 0.3) is 0 Å². The van der Waals surface area contributed by atoms with E-state index in [1.165, 1.54) is 5.56 Å². The topological polar surface area (TPSA) is 65.5 Å². The number of pyridine rings is 1. The van der Waals surface area contributed by atoms with Gasteiger partial charge in [0.05, 0.1) is 6.54 Å². The molecule has 0 aliphatic carbocycles. The molecule has 2 aromatic rings. The maximum absolute atomic E-state index is 12.5. The van der Waals surface area contributed by atoms with Crippen molar-refractivity contribution in [1.29, 1.82) is 0 Å². The van der Waals surface area contributed by atoms with E-state index in [-0.39, 0.29) is 18.4 Å². The predicted octanol–water partition coefficient (Wildman–Crippen LogP) is 2.69. The summed E-state index contributed by atoms with van der Waals surface area (Å²) in [5, 5.41) is 2.75. The molecule has 2 heterocycles. The molecule has 0 radical (unpaired) electrons. The van der Waals surface area contributed by atoms with Gasteiger partial charge in [0, 0.05) is 35.9 Å². The molecule has 136 valence electrons. The largest absolute Gasteiger partial charge is 0.312 e. The van der Waals surface area contributed by atoms with Gasteiger partial charge in [-0.1, -0.05) is 18.2 Å². The Morgan fingerprint density at radius 2 is 2.08 bits per heavy atom. The molecule has 0 spiro atoms. The number of rotatable bonds is 6. The standard InChI is InChI=1S/C19H21BrN4O2/c1-23(13-18(25)22-17-7-6-15(20)12-21-17)10-9-19(26)24-11-8-14-4-2-3-5-16(14)24/h2-7,12H,8-11,13H2,1H3,(H,21,22,25). The van der Waals surface area contributed by atoms with Gasteiger partial charge >= 0.3 is 0 Å². The quantitative estimate of drug-likeness (QED) is 0.785. The van der Waals surface area contributed by atoms with Crippen molar-refractivity contribution in [2.45, 2.75) is 12.8 Å². The Bertz CT molecular complexity index is 794. The minimum Gasteiger partial charge on any atom is -0.312 e.